The van der Waals surface area contributed by atoms with Crippen molar-refractivity contribution in [3.05, 3.63) is 58.3 Å². The fourth-order valence-corrected chi connectivity index (χ4v) is 4.33. The minimum atomic E-state index is 0.559. The van der Waals surface area contributed by atoms with E-state index in [1.165, 1.54) is 36.4 Å². The lowest BCUT2D eigenvalue weighted by Gasteiger charge is -2.35. The lowest BCUT2D eigenvalue weighted by Crippen LogP contribution is -2.36. The number of nitrogens with two attached hydrogens (primary N) is 1. The monoisotopic (exact) mass is 300 g/mol. The summed E-state index contributed by atoms with van der Waals surface area (Å²) >= 11 is 1.86. The molecule has 1 saturated heterocycles. The molecule has 1 aliphatic heterocycles. The zero-order chi connectivity index (χ0) is 14.5. The average Bonchev–Trinajstić information content (AvgIpc) is 3.05. The minimum absolute atomic E-state index is 0.559. The molecule has 2 nitrogen and oxygen atoms in total. The number of benzene rings is 1. The van der Waals surface area contributed by atoms with E-state index in [9.17, 15) is 0 Å². The van der Waals surface area contributed by atoms with Gasteiger partial charge in [-0.3, -0.25) is 4.90 Å². The molecule has 0 aliphatic carbocycles. The lowest BCUT2D eigenvalue weighted by atomic mass is 9.83. The van der Waals surface area contributed by atoms with Crippen LogP contribution in [0.15, 0.2) is 47.8 Å². The maximum Gasteiger partial charge on any atom is 0.0233 e. The first-order chi connectivity index (χ1) is 10.4. The second-order valence-corrected chi connectivity index (χ2v) is 6.94. The van der Waals surface area contributed by atoms with E-state index >= 15 is 0 Å². The summed E-state index contributed by atoms with van der Waals surface area (Å²) in [6, 6.07) is 15.2. The smallest absolute Gasteiger partial charge is 0.0233 e. The maximum absolute atomic E-state index is 6.05. The van der Waals surface area contributed by atoms with Gasteiger partial charge in [0.05, 0.1) is 0 Å². The van der Waals surface area contributed by atoms with E-state index in [4.69, 9.17) is 5.73 Å². The summed E-state index contributed by atoms with van der Waals surface area (Å²) in [5.74, 6) is 1.31. The van der Waals surface area contributed by atoms with Crippen molar-refractivity contribution >= 4 is 11.3 Å². The van der Waals surface area contributed by atoms with Gasteiger partial charge in [0.1, 0.15) is 0 Å². The first-order valence-corrected chi connectivity index (χ1v) is 8.74. The highest BCUT2D eigenvalue weighted by atomic mass is 32.1. The van der Waals surface area contributed by atoms with Gasteiger partial charge in [0.25, 0.3) is 0 Å². The van der Waals surface area contributed by atoms with Crippen LogP contribution in [0.1, 0.15) is 29.2 Å². The molecule has 112 valence electrons. The lowest BCUT2D eigenvalue weighted by molar-refractivity contribution is 0.163. The highest BCUT2D eigenvalue weighted by Crippen LogP contribution is 2.34. The molecule has 3 heteroatoms. The fourth-order valence-electron chi connectivity index (χ4n) is 3.40. The van der Waals surface area contributed by atoms with Gasteiger partial charge in [-0.25, -0.2) is 0 Å². The number of rotatable bonds is 5. The van der Waals surface area contributed by atoms with E-state index in [1.807, 2.05) is 11.3 Å². The Morgan fingerprint density at radius 2 is 1.86 bits per heavy atom. The molecule has 1 atom stereocenters. The molecule has 1 aromatic heterocycles. The number of thiophene rings is 1. The van der Waals surface area contributed by atoms with Gasteiger partial charge in [-0.2, -0.15) is 0 Å². The van der Waals surface area contributed by atoms with Crippen molar-refractivity contribution in [2.24, 2.45) is 11.7 Å². The first-order valence-electron chi connectivity index (χ1n) is 7.86. The van der Waals surface area contributed by atoms with Gasteiger partial charge in [-0.15, -0.1) is 11.3 Å². The van der Waals surface area contributed by atoms with E-state index in [1.54, 1.807) is 0 Å². The summed E-state index contributed by atoms with van der Waals surface area (Å²) in [6.45, 7) is 4.26. The molecule has 1 unspecified atom stereocenters. The summed E-state index contributed by atoms with van der Waals surface area (Å²) in [7, 11) is 0. The van der Waals surface area contributed by atoms with Gasteiger partial charge in [-0.1, -0.05) is 36.4 Å². The Bertz CT molecular complexity index is 515. The van der Waals surface area contributed by atoms with Crippen LogP contribution in [0.3, 0.4) is 0 Å². The van der Waals surface area contributed by atoms with Crippen molar-refractivity contribution in [1.82, 2.24) is 4.90 Å². The highest BCUT2D eigenvalue weighted by molar-refractivity contribution is 7.10. The second kappa shape index (κ2) is 7.21. The number of hydrogen-bond acceptors (Lipinski definition) is 3. The summed E-state index contributed by atoms with van der Waals surface area (Å²) in [4.78, 5) is 4.05. The molecular formula is C18H24N2S. The third-order valence-corrected chi connectivity index (χ3v) is 5.62. The minimum Gasteiger partial charge on any atom is -0.330 e. The molecule has 1 aliphatic rings. The van der Waals surface area contributed by atoms with Crippen LogP contribution < -0.4 is 5.73 Å². The van der Waals surface area contributed by atoms with E-state index in [2.05, 4.69) is 52.7 Å². The highest BCUT2D eigenvalue weighted by Gasteiger charge is 2.27. The molecule has 0 spiro atoms. The summed E-state index contributed by atoms with van der Waals surface area (Å²) in [5, 5.41) is 2.17. The van der Waals surface area contributed by atoms with Gasteiger partial charge in [-0.05, 0) is 48.9 Å². The van der Waals surface area contributed by atoms with Crippen LogP contribution in [-0.2, 0) is 6.54 Å². The molecule has 3 rings (SSSR count). The van der Waals surface area contributed by atoms with E-state index in [-0.39, 0.29) is 0 Å². The summed E-state index contributed by atoms with van der Waals surface area (Å²) < 4.78 is 0. The van der Waals surface area contributed by atoms with Crippen LogP contribution in [0.2, 0.25) is 0 Å². The van der Waals surface area contributed by atoms with Gasteiger partial charge in [0, 0.05) is 23.9 Å². The van der Waals surface area contributed by atoms with Crippen molar-refractivity contribution < 1.29 is 0 Å². The van der Waals surface area contributed by atoms with Crippen molar-refractivity contribution in [3.63, 3.8) is 0 Å². The molecule has 2 aromatic rings. The molecule has 1 fully saturated rings. The van der Waals surface area contributed by atoms with Crippen LogP contribution in [0, 0.1) is 5.92 Å². The zero-order valence-corrected chi connectivity index (χ0v) is 13.3. The Labute approximate surface area is 131 Å². The number of nitrogens with zero attached hydrogens (tertiary/aromatic N) is 1. The molecular weight excluding hydrogens is 276 g/mol. The predicted octanol–water partition coefficient (Wildman–Crippen LogP) is 3.70. The Morgan fingerprint density at radius 1 is 1.10 bits per heavy atom. The molecule has 2 heterocycles. The van der Waals surface area contributed by atoms with Crippen molar-refractivity contribution in [3.8, 4) is 0 Å². The van der Waals surface area contributed by atoms with Gasteiger partial charge in [0.2, 0.25) is 0 Å². The molecule has 1 aromatic carbocycles. The summed E-state index contributed by atoms with van der Waals surface area (Å²) in [5.41, 5.74) is 7.47. The number of hydrogen-bond donors (Lipinski definition) is 1. The second-order valence-electron chi connectivity index (χ2n) is 5.96. The Kier molecular flexibility index (Phi) is 5.07. The SMILES string of the molecule is NCC(c1cccs1)C1CCN(Cc2ccccc2)CC1. The van der Waals surface area contributed by atoms with Crippen LogP contribution in [0.4, 0.5) is 0 Å². The summed E-state index contributed by atoms with van der Waals surface area (Å²) in [6.07, 6.45) is 2.54. The van der Waals surface area contributed by atoms with Gasteiger partial charge >= 0.3 is 0 Å². The van der Waals surface area contributed by atoms with Crippen molar-refractivity contribution in [2.45, 2.75) is 25.3 Å². The Morgan fingerprint density at radius 3 is 2.48 bits per heavy atom. The maximum atomic E-state index is 6.05. The normalized spacial score (nSPS) is 18.7. The largest absolute Gasteiger partial charge is 0.330 e. The van der Waals surface area contributed by atoms with E-state index in [0.29, 0.717) is 5.92 Å². The molecule has 2 N–H and O–H groups in total. The quantitative estimate of drug-likeness (QED) is 0.912. The number of piperidine rings is 1. The van der Waals surface area contributed by atoms with Crippen LogP contribution in [-0.4, -0.2) is 24.5 Å². The van der Waals surface area contributed by atoms with Crippen LogP contribution in [0.5, 0.6) is 0 Å². The van der Waals surface area contributed by atoms with E-state index < -0.39 is 0 Å². The topological polar surface area (TPSA) is 29.3 Å². The third kappa shape index (κ3) is 3.73. The first kappa shape index (κ1) is 14.8. The Balaban J connectivity index is 1.55. The molecule has 21 heavy (non-hydrogen) atoms. The van der Waals surface area contributed by atoms with Crippen LogP contribution >= 0.6 is 11.3 Å². The predicted molar refractivity (Wildman–Crippen MR) is 90.6 cm³/mol. The number of likely N-dealkylation sites (tertiary alicyclic amines) is 1. The van der Waals surface area contributed by atoms with Crippen LogP contribution in [0.25, 0.3) is 0 Å². The molecule has 0 bridgehead atoms. The molecule has 0 amide bonds. The molecule has 0 radical (unpaired) electrons. The third-order valence-electron chi connectivity index (χ3n) is 4.61. The molecule has 0 saturated carbocycles. The van der Waals surface area contributed by atoms with Gasteiger partial charge < -0.3 is 5.73 Å². The van der Waals surface area contributed by atoms with Crippen molar-refractivity contribution in [1.29, 1.82) is 0 Å². The fraction of sp³-hybridized carbons (Fsp3) is 0.444. The van der Waals surface area contributed by atoms with E-state index in [0.717, 1.165) is 19.0 Å². The van der Waals surface area contributed by atoms with Crippen molar-refractivity contribution in [2.75, 3.05) is 19.6 Å². The standard InChI is InChI=1S/C18H24N2S/c19-13-17(18-7-4-12-21-18)16-8-10-20(11-9-16)14-15-5-2-1-3-6-15/h1-7,12,16-17H,8-11,13-14,19H2. The zero-order valence-electron chi connectivity index (χ0n) is 12.4. The average molecular weight is 300 g/mol. The Hall–Kier alpha value is -1.16. The van der Waals surface area contributed by atoms with Gasteiger partial charge in [0.15, 0.2) is 0 Å².